The van der Waals surface area contributed by atoms with E-state index in [0.717, 1.165) is 16.6 Å². The summed E-state index contributed by atoms with van der Waals surface area (Å²) in [4.78, 5) is 14.1. The highest BCUT2D eigenvalue weighted by Gasteiger charge is 2.29. The Bertz CT molecular complexity index is 627. The minimum Gasteiger partial charge on any atom is -0.339 e. The lowest BCUT2D eigenvalue weighted by Gasteiger charge is -2.34. The zero-order valence-corrected chi connectivity index (χ0v) is 16.3. The molecule has 1 amide bonds. The van der Waals surface area contributed by atoms with E-state index in [4.69, 9.17) is 0 Å². The smallest absolute Gasteiger partial charge is 0.243 e. The van der Waals surface area contributed by atoms with Crippen molar-refractivity contribution in [2.45, 2.75) is 18.2 Å². The second kappa shape index (κ2) is 8.50. The lowest BCUT2D eigenvalue weighted by atomic mass is 10.3. The highest BCUT2D eigenvalue weighted by Crippen LogP contribution is 2.20. The van der Waals surface area contributed by atoms with Gasteiger partial charge in [-0.15, -0.1) is 0 Å². The monoisotopic (exact) mass is 420 g/mol. The Hall–Kier alpha value is -0.570. The zero-order chi connectivity index (χ0) is 16.9. The number of halogens is 1. The summed E-state index contributed by atoms with van der Waals surface area (Å²) in [6.07, 6.45) is 1.05. The number of benzene rings is 1. The topological polar surface area (TPSA) is 57.7 Å². The van der Waals surface area contributed by atoms with Gasteiger partial charge >= 0.3 is 0 Å². The molecule has 0 N–H and O–H groups in total. The summed E-state index contributed by atoms with van der Waals surface area (Å²) in [7, 11) is -3.48. The standard InChI is InChI=1S/C15H21BrN2O3S2/c1-2-11-22-12-15(19)17-7-9-18(10-8-17)23(20,21)14-5-3-13(16)4-6-14/h3-6H,2,7-12H2,1H3. The third-order valence-electron chi connectivity index (χ3n) is 3.62. The third-order valence-corrected chi connectivity index (χ3v) is 7.21. The Morgan fingerprint density at radius 3 is 2.35 bits per heavy atom. The molecule has 8 heteroatoms. The van der Waals surface area contributed by atoms with Gasteiger partial charge in [0.1, 0.15) is 0 Å². The summed E-state index contributed by atoms with van der Waals surface area (Å²) in [5.41, 5.74) is 0. The van der Waals surface area contributed by atoms with Gasteiger partial charge in [-0.3, -0.25) is 4.79 Å². The minimum atomic E-state index is -3.48. The highest BCUT2D eigenvalue weighted by atomic mass is 79.9. The first kappa shape index (κ1) is 18.8. The minimum absolute atomic E-state index is 0.101. The molecule has 0 spiro atoms. The largest absolute Gasteiger partial charge is 0.339 e. The molecule has 128 valence electrons. The number of hydrogen-bond donors (Lipinski definition) is 0. The van der Waals surface area contributed by atoms with Crippen LogP contribution in [0.4, 0.5) is 0 Å². The number of amides is 1. The van der Waals surface area contributed by atoms with E-state index < -0.39 is 10.0 Å². The molecule has 0 aliphatic carbocycles. The Balaban J connectivity index is 1.93. The first-order valence-electron chi connectivity index (χ1n) is 7.56. The van der Waals surface area contributed by atoms with Crippen molar-refractivity contribution in [1.82, 2.24) is 9.21 Å². The molecule has 2 rings (SSSR count). The van der Waals surface area contributed by atoms with Crippen LogP contribution >= 0.6 is 27.7 Å². The second-order valence-electron chi connectivity index (χ2n) is 5.29. The van der Waals surface area contributed by atoms with Crippen molar-refractivity contribution in [2.75, 3.05) is 37.7 Å². The van der Waals surface area contributed by atoms with Gasteiger partial charge < -0.3 is 4.90 Å². The van der Waals surface area contributed by atoms with E-state index in [-0.39, 0.29) is 5.91 Å². The number of hydrogen-bond acceptors (Lipinski definition) is 4. The van der Waals surface area contributed by atoms with Gasteiger partial charge in [-0.05, 0) is 36.4 Å². The lowest BCUT2D eigenvalue weighted by molar-refractivity contribution is -0.129. The number of carbonyl (C=O) groups is 1. The fourth-order valence-electron chi connectivity index (χ4n) is 2.33. The Labute approximate surface area is 150 Å². The average molecular weight is 421 g/mol. The summed E-state index contributed by atoms with van der Waals surface area (Å²) in [5, 5.41) is 0. The summed E-state index contributed by atoms with van der Waals surface area (Å²) in [6, 6.07) is 6.63. The number of rotatable bonds is 6. The van der Waals surface area contributed by atoms with E-state index in [1.165, 1.54) is 4.31 Å². The van der Waals surface area contributed by atoms with Crippen molar-refractivity contribution in [2.24, 2.45) is 0 Å². The van der Waals surface area contributed by atoms with Gasteiger partial charge in [0.25, 0.3) is 0 Å². The number of sulfonamides is 1. The fraction of sp³-hybridized carbons (Fsp3) is 0.533. The first-order chi connectivity index (χ1) is 10.9. The molecule has 0 aromatic heterocycles. The van der Waals surface area contributed by atoms with Crippen LogP contribution in [0.15, 0.2) is 33.6 Å². The quantitative estimate of drug-likeness (QED) is 0.663. The molecule has 1 aliphatic rings. The normalized spacial score (nSPS) is 16.5. The molecule has 0 atom stereocenters. The van der Waals surface area contributed by atoms with Gasteiger partial charge in [0, 0.05) is 30.7 Å². The summed E-state index contributed by atoms with van der Waals surface area (Å²) in [5.74, 6) is 1.56. The predicted octanol–water partition coefficient (Wildman–Crippen LogP) is 2.43. The first-order valence-corrected chi connectivity index (χ1v) is 10.9. The van der Waals surface area contributed by atoms with Crippen molar-refractivity contribution in [3.8, 4) is 0 Å². The Morgan fingerprint density at radius 2 is 1.78 bits per heavy atom. The maximum atomic E-state index is 12.6. The summed E-state index contributed by atoms with van der Waals surface area (Å²) in [6.45, 7) is 3.71. The van der Waals surface area contributed by atoms with Crippen LogP contribution in [0.5, 0.6) is 0 Å². The number of thioether (sulfide) groups is 1. The van der Waals surface area contributed by atoms with E-state index in [1.807, 2.05) is 0 Å². The summed E-state index contributed by atoms with van der Waals surface area (Å²) >= 11 is 4.94. The highest BCUT2D eigenvalue weighted by molar-refractivity contribution is 9.10. The molecule has 1 aromatic rings. The van der Waals surface area contributed by atoms with Gasteiger partial charge in [0.15, 0.2) is 0 Å². The zero-order valence-electron chi connectivity index (χ0n) is 13.1. The molecule has 0 unspecified atom stereocenters. The van der Waals surface area contributed by atoms with Crippen LogP contribution < -0.4 is 0 Å². The maximum Gasteiger partial charge on any atom is 0.243 e. The van der Waals surface area contributed by atoms with Crippen molar-refractivity contribution in [3.05, 3.63) is 28.7 Å². The maximum absolute atomic E-state index is 12.6. The Morgan fingerprint density at radius 1 is 1.17 bits per heavy atom. The molecular weight excluding hydrogens is 400 g/mol. The van der Waals surface area contributed by atoms with E-state index in [2.05, 4.69) is 22.9 Å². The van der Waals surface area contributed by atoms with Crippen LogP contribution in [0.1, 0.15) is 13.3 Å². The molecule has 1 fully saturated rings. The van der Waals surface area contributed by atoms with Gasteiger partial charge in [0.05, 0.1) is 10.6 Å². The number of carbonyl (C=O) groups excluding carboxylic acids is 1. The molecule has 1 heterocycles. The molecule has 1 aliphatic heterocycles. The molecule has 1 saturated heterocycles. The van der Waals surface area contributed by atoms with Crippen LogP contribution in [0.3, 0.4) is 0 Å². The fourth-order valence-corrected chi connectivity index (χ4v) is 4.81. The van der Waals surface area contributed by atoms with Gasteiger partial charge in [0.2, 0.25) is 15.9 Å². The molecular formula is C15H21BrN2O3S2. The van der Waals surface area contributed by atoms with Crippen LogP contribution in [0.25, 0.3) is 0 Å². The number of nitrogens with zero attached hydrogens (tertiary/aromatic N) is 2. The number of piperazine rings is 1. The molecule has 0 radical (unpaired) electrons. The van der Waals surface area contributed by atoms with Gasteiger partial charge in [-0.1, -0.05) is 22.9 Å². The van der Waals surface area contributed by atoms with E-state index >= 15 is 0 Å². The molecule has 1 aromatic carbocycles. The van der Waals surface area contributed by atoms with Crippen LogP contribution in [0.2, 0.25) is 0 Å². The third kappa shape index (κ3) is 4.95. The molecule has 0 saturated carbocycles. The van der Waals surface area contributed by atoms with E-state index in [0.29, 0.717) is 36.8 Å². The SMILES string of the molecule is CCCSCC(=O)N1CCN(S(=O)(=O)c2ccc(Br)cc2)CC1. The molecule has 0 bridgehead atoms. The van der Waals surface area contributed by atoms with Crippen LogP contribution in [-0.2, 0) is 14.8 Å². The molecule has 5 nitrogen and oxygen atoms in total. The average Bonchev–Trinajstić information content (AvgIpc) is 2.55. The summed E-state index contributed by atoms with van der Waals surface area (Å²) < 4.78 is 27.5. The second-order valence-corrected chi connectivity index (χ2v) is 9.25. The van der Waals surface area contributed by atoms with Crippen LogP contribution in [-0.4, -0.2) is 61.2 Å². The van der Waals surface area contributed by atoms with Crippen molar-refractivity contribution < 1.29 is 13.2 Å². The van der Waals surface area contributed by atoms with Gasteiger partial charge in [-0.25, -0.2) is 8.42 Å². The lowest BCUT2D eigenvalue weighted by Crippen LogP contribution is -2.50. The van der Waals surface area contributed by atoms with Crippen molar-refractivity contribution in [1.29, 1.82) is 0 Å². The van der Waals surface area contributed by atoms with E-state index in [9.17, 15) is 13.2 Å². The van der Waals surface area contributed by atoms with E-state index in [1.54, 1.807) is 40.9 Å². The molecule has 23 heavy (non-hydrogen) atoms. The van der Waals surface area contributed by atoms with Crippen molar-refractivity contribution in [3.63, 3.8) is 0 Å². The van der Waals surface area contributed by atoms with Crippen molar-refractivity contribution >= 4 is 43.6 Å². The van der Waals surface area contributed by atoms with Crippen LogP contribution in [0, 0.1) is 0 Å². The van der Waals surface area contributed by atoms with Gasteiger partial charge in [-0.2, -0.15) is 16.1 Å². The predicted molar refractivity (Wildman–Crippen MR) is 97.1 cm³/mol. The Kier molecular flexibility index (Phi) is 6.94.